The molecule has 0 radical (unpaired) electrons. The van der Waals surface area contributed by atoms with E-state index in [2.05, 4.69) is 0 Å². The van der Waals surface area contributed by atoms with Crippen LogP contribution in [0.15, 0.2) is 70.5 Å². The van der Waals surface area contributed by atoms with Gasteiger partial charge in [0.15, 0.2) is 0 Å². The van der Waals surface area contributed by atoms with Crippen LogP contribution in [0.25, 0.3) is 21.5 Å². The summed E-state index contributed by atoms with van der Waals surface area (Å²) in [5.41, 5.74) is 1.68. The van der Waals surface area contributed by atoms with E-state index in [0.29, 0.717) is 21.9 Å². The van der Waals surface area contributed by atoms with Crippen LogP contribution in [0.3, 0.4) is 0 Å². The smallest absolute Gasteiger partial charge is 0.744 e. The summed E-state index contributed by atoms with van der Waals surface area (Å²) in [7, 11) is -9.15. The maximum absolute atomic E-state index is 12.0. The van der Waals surface area contributed by atoms with Crippen LogP contribution in [-0.4, -0.2) is 63.7 Å². The summed E-state index contributed by atoms with van der Waals surface area (Å²) in [6.07, 6.45) is 0. The standard InChI is InChI=1S/2C18H24O3S.Ca/c2*1-17(2,3)14-11-12-9-7-8-10-13(12)16(22(19,20)21)15(14)18(4,5)6;/h2*7-11H,1-6H3,(H,19,20,21);/q;;+2/p-2. The second-order valence-electron chi connectivity index (χ2n) is 15.6. The number of benzene rings is 4. The van der Waals surface area contributed by atoms with Crippen molar-refractivity contribution < 1.29 is 25.9 Å². The van der Waals surface area contributed by atoms with Crippen LogP contribution in [0, 0.1) is 0 Å². The first kappa shape index (κ1) is 39.7. The molecule has 6 nitrogen and oxygen atoms in total. The third-order valence-electron chi connectivity index (χ3n) is 7.62. The monoisotopic (exact) mass is 678 g/mol. The molecule has 0 bridgehead atoms. The van der Waals surface area contributed by atoms with Gasteiger partial charge in [0.1, 0.15) is 20.2 Å². The molecule has 45 heavy (non-hydrogen) atoms. The van der Waals surface area contributed by atoms with Gasteiger partial charge in [0.25, 0.3) is 0 Å². The van der Waals surface area contributed by atoms with E-state index < -0.39 is 31.1 Å². The Morgan fingerprint density at radius 2 is 0.733 bits per heavy atom. The predicted octanol–water partition coefficient (Wildman–Crippen LogP) is 8.30. The molecule has 0 fully saturated rings. The summed E-state index contributed by atoms with van der Waals surface area (Å²) in [5, 5.41) is 2.59. The fourth-order valence-corrected chi connectivity index (χ4v) is 8.06. The van der Waals surface area contributed by atoms with Crippen molar-refractivity contribution in [2.45, 2.75) is 115 Å². The van der Waals surface area contributed by atoms with Gasteiger partial charge in [-0.1, -0.05) is 144 Å². The van der Waals surface area contributed by atoms with Crippen LogP contribution in [0.4, 0.5) is 0 Å². The first-order valence-corrected chi connectivity index (χ1v) is 17.5. The quantitative estimate of drug-likeness (QED) is 0.156. The van der Waals surface area contributed by atoms with E-state index in [1.165, 1.54) is 0 Å². The molecule has 0 atom stereocenters. The van der Waals surface area contributed by atoms with Gasteiger partial charge in [-0.25, -0.2) is 16.8 Å². The van der Waals surface area contributed by atoms with Crippen molar-refractivity contribution in [3.8, 4) is 0 Å². The molecular formula is C36H46CaO6S2. The molecule has 0 unspecified atom stereocenters. The molecule has 0 N–H and O–H groups in total. The first-order chi connectivity index (χ1) is 19.7. The predicted molar refractivity (Wildman–Crippen MR) is 184 cm³/mol. The van der Waals surface area contributed by atoms with Gasteiger partial charge in [-0.15, -0.1) is 0 Å². The topological polar surface area (TPSA) is 114 Å². The summed E-state index contributed by atoms with van der Waals surface area (Å²) >= 11 is 0. The Balaban J connectivity index is 0.000000307. The molecule has 0 aromatic heterocycles. The van der Waals surface area contributed by atoms with Gasteiger partial charge in [-0.2, -0.15) is 0 Å². The van der Waals surface area contributed by atoms with Gasteiger partial charge in [0.2, 0.25) is 0 Å². The third kappa shape index (κ3) is 8.89. The number of hydrogen-bond donors (Lipinski definition) is 0. The molecular weight excluding hydrogens is 633 g/mol. The molecule has 4 rings (SSSR count). The van der Waals surface area contributed by atoms with Crippen molar-refractivity contribution in [1.29, 1.82) is 0 Å². The number of hydrogen-bond acceptors (Lipinski definition) is 6. The van der Waals surface area contributed by atoms with Crippen LogP contribution in [0.1, 0.15) is 105 Å². The average molecular weight is 679 g/mol. The zero-order valence-electron chi connectivity index (χ0n) is 28.7. The second-order valence-corrected chi connectivity index (χ2v) is 18.2. The van der Waals surface area contributed by atoms with Gasteiger partial charge in [-0.3, -0.25) is 0 Å². The van der Waals surface area contributed by atoms with Gasteiger partial charge in [0, 0.05) is 0 Å². The molecule has 9 heteroatoms. The van der Waals surface area contributed by atoms with E-state index in [9.17, 15) is 25.9 Å². The van der Waals surface area contributed by atoms with Crippen molar-refractivity contribution >= 4 is 79.5 Å². The van der Waals surface area contributed by atoms with Crippen LogP contribution in [0.5, 0.6) is 0 Å². The summed E-state index contributed by atoms with van der Waals surface area (Å²) in [6, 6.07) is 18.4. The van der Waals surface area contributed by atoms with E-state index in [4.69, 9.17) is 0 Å². The molecule has 0 aliphatic heterocycles. The molecule has 0 aliphatic rings. The minimum Gasteiger partial charge on any atom is -0.744 e. The first-order valence-electron chi connectivity index (χ1n) is 14.7. The minimum atomic E-state index is -4.58. The summed E-state index contributed by atoms with van der Waals surface area (Å²) in [6.45, 7) is 23.9. The minimum absolute atomic E-state index is 0. The Morgan fingerprint density at radius 3 is 0.956 bits per heavy atom. The van der Waals surface area contributed by atoms with Crippen LogP contribution < -0.4 is 0 Å². The molecule has 0 aliphatic carbocycles. The normalized spacial score (nSPS) is 13.3. The van der Waals surface area contributed by atoms with Gasteiger partial charge in [0.05, 0.1) is 9.79 Å². The zero-order chi connectivity index (χ0) is 33.8. The molecule has 0 amide bonds. The van der Waals surface area contributed by atoms with E-state index in [1.54, 1.807) is 24.3 Å². The molecule has 0 spiro atoms. The Bertz CT molecular complexity index is 1790. The van der Waals surface area contributed by atoms with Crippen molar-refractivity contribution in [2.75, 3.05) is 0 Å². The molecule has 240 valence electrons. The average Bonchev–Trinajstić information content (AvgIpc) is 2.83. The zero-order valence-corrected chi connectivity index (χ0v) is 32.6. The largest absolute Gasteiger partial charge is 2.00 e. The Morgan fingerprint density at radius 1 is 0.467 bits per heavy atom. The van der Waals surface area contributed by atoms with Gasteiger partial charge in [-0.05, 0) is 65.5 Å². The van der Waals surface area contributed by atoms with Crippen molar-refractivity contribution in [1.82, 2.24) is 0 Å². The fraction of sp³-hybridized carbons (Fsp3) is 0.444. The van der Waals surface area contributed by atoms with Crippen molar-refractivity contribution in [3.63, 3.8) is 0 Å². The third-order valence-corrected chi connectivity index (χ3v) is 9.47. The Hall–Kier alpha value is -1.52. The van der Waals surface area contributed by atoms with Crippen molar-refractivity contribution in [2.24, 2.45) is 0 Å². The molecule has 0 saturated heterocycles. The van der Waals surface area contributed by atoms with E-state index in [-0.39, 0.29) is 58.4 Å². The van der Waals surface area contributed by atoms with E-state index >= 15 is 0 Å². The summed E-state index contributed by atoms with van der Waals surface area (Å²) in [4.78, 5) is -0.133. The summed E-state index contributed by atoms with van der Waals surface area (Å²) < 4.78 is 72.2. The van der Waals surface area contributed by atoms with Crippen LogP contribution >= 0.6 is 0 Å². The second kappa shape index (κ2) is 13.2. The van der Waals surface area contributed by atoms with E-state index in [1.807, 2.05) is 119 Å². The van der Waals surface area contributed by atoms with E-state index in [0.717, 1.165) is 21.9 Å². The number of fused-ring (bicyclic) bond motifs is 2. The molecule has 0 heterocycles. The van der Waals surface area contributed by atoms with Gasteiger partial charge >= 0.3 is 37.7 Å². The van der Waals surface area contributed by atoms with Crippen molar-refractivity contribution in [3.05, 3.63) is 82.9 Å². The maximum atomic E-state index is 12.0. The molecule has 4 aromatic carbocycles. The number of rotatable bonds is 2. The Labute approximate surface area is 300 Å². The molecule has 0 saturated carbocycles. The van der Waals surface area contributed by atoms with Crippen LogP contribution in [-0.2, 0) is 41.9 Å². The Kier molecular flexibility index (Phi) is 11.6. The molecule has 4 aromatic rings. The van der Waals surface area contributed by atoms with Crippen LogP contribution in [0.2, 0.25) is 0 Å². The van der Waals surface area contributed by atoms with Gasteiger partial charge < -0.3 is 9.11 Å². The maximum Gasteiger partial charge on any atom is 2.00 e. The fourth-order valence-electron chi connectivity index (χ4n) is 5.82. The SMILES string of the molecule is CC(C)(C)c1cc2ccccc2c(S(=O)(=O)[O-])c1C(C)(C)C.CC(C)(C)c1cc2ccccc2c(S(=O)(=O)[O-])c1C(C)(C)C.[Ca+2]. The summed E-state index contributed by atoms with van der Waals surface area (Å²) in [5.74, 6) is 0.